The van der Waals surface area contributed by atoms with E-state index in [2.05, 4.69) is 52.8 Å². The number of nitrogens with one attached hydrogen (secondary N) is 2. The zero-order valence-electron chi connectivity index (χ0n) is 16.2. The zero-order valence-corrected chi connectivity index (χ0v) is 16.2. The van der Waals surface area contributed by atoms with Gasteiger partial charge < -0.3 is 15.4 Å². The molecule has 0 spiro atoms. The van der Waals surface area contributed by atoms with Crippen LogP contribution >= 0.6 is 0 Å². The van der Waals surface area contributed by atoms with Crippen LogP contribution in [0.15, 0.2) is 35.3 Å². The Hall–Kier alpha value is -1.59. The van der Waals surface area contributed by atoms with Crippen molar-refractivity contribution >= 4 is 5.96 Å². The monoisotopic (exact) mass is 358 g/mol. The molecule has 26 heavy (non-hydrogen) atoms. The molecule has 144 valence electrons. The lowest BCUT2D eigenvalue weighted by Crippen LogP contribution is -2.39. The molecule has 0 aromatic heterocycles. The number of unbranched alkanes of at least 4 members (excludes halogenated alkanes) is 1. The maximum Gasteiger partial charge on any atom is 0.191 e. The SMILES string of the molecule is CCNC(=NCC1(c2ccccc2)CC1)NCCCCN1CCOCC1. The highest BCUT2D eigenvalue weighted by atomic mass is 16.5. The lowest BCUT2D eigenvalue weighted by molar-refractivity contribution is 0.0372. The number of aliphatic imine (C=N–C) groups is 1. The van der Waals surface area contributed by atoms with Crippen molar-refractivity contribution in [1.29, 1.82) is 0 Å². The number of nitrogens with zero attached hydrogens (tertiary/aromatic N) is 2. The van der Waals surface area contributed by atoms with Crippen molar-refractivity contribution in [2.24, 2.45) is 4.99 Å². The van der Waals surface area contributed by atoms with Crippen LogP contribution in [0.1, 0.15) is 38.2 Å². The van der Waals surface area contributed by atoms with Crippen molar-refractivity contribution in [2.75, 3.05) is 52.5 Å². The molecule has 1 aromatic carbocycles. The second-order valence-electron chi connectivity index (χ2n) is 7.43. The number of guanidine groups is 1. The van der Waals surface area contributed by atoms with Gasteiger partial charge in [-0.15, -0.1) is 0 Å². The average Bonchev–Trinajstić information content (AvgIpc) is 3.48. The Morgan fingerprint density at radius 2 is 1.88 bits per heavy atom. The number of morpholine rings is 1. The first kappa shape index (κ1) is 19.2. The van der Waals surface area contributed by atoms with Gasteiger partial charge in [-0.3, -0.25) is 9.89 Å². The summed E-state index contributed by atoms with van der Waals surface area (Å²) in [4.78, 5) is 7.38. The van der Waals surface area contributed by atoms with Gasteiger partial charge in [-0.2, -0.15) is 0 Å². The number of benzene rings is 1. The van der Waals surface area contributed by atoms with Gasteiger partial charge in [0.1, 0.15) is 0 Å². The van der Waals surface area contributed by atoms with Crippen LogP contribution in [0.2, 0.25) is 0 Å². The molecule has 2 aliphatic rings. The molecule has 0 unspecified atom stereocenters. The molecule has 1 aliphatic carbocycles. The Morgan fingerprint density at radius 1 is 1.12 bits per heavy atom. The molecule has 0 bridgehead atoms. The lowest BCUT2D eigenvalue weighted by Gasteiger charge is -2.26. The van der Waals surface area contributed by atoms with E-state index in [1.54, 1.807) is 0 Å². The second kappa shape index (κ2) is 9.93. The maximum absolute atomic E-state index is 5.40. The van der Waals surface area contributed by atoms with Crippen LogP contribution in [0.3, 0.4) is 0 Å². The number of ether oxygens (including phenoxy) is 1. The van der Waals surface area contributed by atoms with Crippen LogP contribution in [0, 0.1) is 0 Å². The molecule has 2 fully saturated rings. The van der Waals surface area contributed by atoms with E-state index in [-0.39, 0.29) is 5.41 Å². The van der Waals surface area contributed by atoms with Gasteiger partial charge in [-0.05, 0) is 44.7 Å². The second-order valence-corrected chi connectivity index (χ2v) is 7.43. The standard InChI is InChI=1S/C21H34N4O/c1-2-22-20(23-12-6-7-13-25-14-16-26-17-15-25)24-18-21(10-11-21)19-8-4-3-5-9-19/h3-5,8-9H,2,6-7,10-18H2,1H3,(H2,22,23,24). The molecular formula is C21H34N4O. The molecular weight excluding hydrogens is 324 g/mol. The first-order chi connectivity index (χ1) is 12.8. The quantitative estimate of drug-likeness (QED) is 0.404. The van der Waals surface area contributed by atoms with Crippen molar-refractivity contribution in [3.8, 4) is 0 Å². The fourth-order valence-electron chi connectivity index (χ4n) is 3.54. The molecule has 1 saturated heterocycles. The van der Waals surface area contributed by atoms with Gasteiger partial charge in [0.25, 0.3) is 0 Å². The van der Waals surface area contributed by atoms with Crippen molar-refractivity contribution < 1.29 is 4.74 Å². The van der Waals surface area contributed by atoms with E-state index in [4.69, 9.17) is 9.73 Å². The summed E-state index contributed by atoms with van der Waals surface area (Å²) >= 11 is 0. The molecule has 1 aromatic rings. The van der Waals surface area contributed by atoms with E-state index in [9.17, 15) is 0 Å². The Kier molecular flexibility index (Phi) is 7.32. The Labute approximate surface area is 158 Å². The maximum atomic E-state index is 5.40. The van der Waals surface area contributed by atoms with Gasteiger partial charge in [0, 0.05) is 31.6 Å². The van der Waals surface area contributed by atoms with Crippen LogP contribution in [-0.4, -0.2) is 63.3 Å². The minimum atomic E-state index is 0.278. The van der Waals surface area contributed by atoms with Gasteiger partial charge in [0.05, 0.1) is 19.8 Å². The topological polar surface area (TPSA) is 48.9 Å². The Morgan fingerprint density at radius 3 is 2.58 bits per heavy atom. The van der Waals surface area contributed by atoms with E-state index in [1.165, 1.54) is 37.8 Å². The highest BCUT2D eigenvalue weighted by Gasteiger charge is 2.43. The Bertz CT molecular complexity index is 550. The minimum Gasteiger partial charge on any atom is -0.379 e. The fourth-order valence-corrected chi connectivity index (χ4v) is 3.54. The number of hydrogen-bond donors (Lipinski definition) is 2. The average molecular weight is 359 g/mol. The summed E-state index contributed by atoms with van der Waals surface area (Å²) in [5, 5.41) is 6.89. The summed E-state index contributed by atoms with van der Waals surface area (Å²) in [7, 11) is 0. The summed E-state index contributed by atoms with van der Waals surface area (Å²) in [5.41, 5.74) is 1.71. The summed E-state index contributed by atoms with van der Waals surface area (Å²) < 4.78 is 5.40. The summed E-state index contributed by atoms with van der Waals surface area (Å²) in [6.07, 6.45) is 4.89. The molecule has 0 radical (unpaired) electrons. The van der Waals surface area contributed by atoms with Gasteiger partial charge in [0.2, 0.25) is 0 Å². The third kappa shape index (κ3) is 5.71. The van der Waals surface area contributed by atoms with E-state index in [1.807, 2.05) is 0 Å². The summed E-state index contributed by atoms with van der Waals surface area (Å²) in [6, 6.07) is 10.8. The predicted octanol–water partition coefficient (Wildman–Crippen LogP) is 2.39. The van der Waals surface area contributed by atoms with E-state index < -0.39 is 0 Å². The lowest BCUT2D eigenvalue weighted by atomic mass is 9.96. The summed E-state index contributed by atoms with van der Waals surface area (Å²) in [5.74, 6) is 0.959. The highest BCUT2D eigenvalue weighted by molar-refractivity contribution is 5.79. The summed E-state index contributed by atoms with van der Waals surface area (Å²) in [6.45, 7) is 10.00. The van der Waals surface area contributed by atoms with Crippen molar-refractivity contribution in [3.63, 3.8) is 0 Å². The molecule has 5 heteroatoms. The van der Waals surface area contributed by atoms with Crippen molar-refractivity contribution in [3.05, 3.63) is 35.9 Å². The first-order valence-corrected chi connectivity index (χ1v) is 10.2. The third-order valence-corrected chi connectivity index (χ3v) is 5.42. The van der Waals surface area contributed by atoms with Crippen LogP contribution in [-0.2, 0) is 10.2 Å². The smallest absolute Gasteiger partial charge is 0.191 e. The number of hydrogen-bond acceptors (Lipinski definition) is 3. The molecule has 0 atom stereocenters. The fraction of sp³-hybridized carbons (Fsp3) is 0.667. The van der Waals surface area contributed by atoms with Gasteiger partial charge in [0.15, 0.2) is 5.96 Å². The van der Waals surface area contributed by atoms with Gasteiger partial charge >= 0.3 is 0 Å². The van der Waals surface area contributed by atoms with Gasteiger partial charge in [-0.1, -0.05) is 30.3 Å². The first-order valence-electron chi connectivity index (χ1n) is 10.2. The highest BCUT2D eigenvalue weighted by Crippen LogP contribution is 2.48. The largest absolute Gasteiger partial charge is 0.379 e. The van der Waals surface area contributed by atoms with E-state index >= 15 is 0 Å². The normalized spacial score (nSPS) is 20.0. The predicted molar refractivity (Wildman–Crippen MR) is 108 cm³/mol. The van der Waals surface area contributed by atoms with E-state index in [0.29, 0.717) is 0 Å². The van der Waals surface area contributed by atoms with Gasteiger partial charge in [-0.25, -0.2) is 0 Å². The molecule has 0 amide bonds. The molecule has 3 rings (SSSR count). The number of rotatable bonds is 9. The van der Waals surface area contributed by atoms with Crippen LogP contribution < -0.4 is 10.6 Å². The van der Waals surface area contributed by atoms with Crippen LogP contribution in [0.4, 0.5) is 0 Å². The zero-order chi connectivity index (χ0) is 18.1. The van der Waals surface area contributed by atoms with E-state index in [0.717, 1.165) is 51.9 Å². The third-order valence-electron chi connectivity index (χ3n) is 5.42. The Balaban J connectivity index is 1.40. The molecule has 5 nitrogen and oxygen atoms in total. The van der Waals surface area contributed by atoms with Crippen LogP contribution in [0.25, 0.3) is 0 Å². The minimum absolute atomic E-state index is 0.278. The molecule has 1 aliphatic heterocycles. The van der Waals surface area contributed by atoms with Crippen molar-refractivity contribution in [2.45, 2.75) is 38.0 Å². The molecule has 1 heterocycles. The molecule has 2 N–H and O–H groups in total. The van der Waals surface area contributed by atoms with Crippen LogP contribution in [0.5, 0.6) is 0 Å². The van der Waals surface area contributed by atoms with Crippen molar-refractivity contribution in [1.82, 2.24) is 15.5 Å². The molecule has 1 saturated carbocycles.